The maximum Gasteiger partial charge on any atom is 0.313 e. The predicted octanol–water partition coefficient (Wildman–Crippen LogP) is 2.99. The summed E-state index contributed by atoms with van der Waals surface area (Å²) in [6.45, 7) is 6.72. The van der Waals surface area contributed by atoms with Crippen molar-refractivity contribution in [3.63, 3.8) is 0 Å². The van der Waals surface area contributed by atoms with E-state index in [1.807, 2.05) is 32.2 Å². The first-order valence-corrected chi connectivity index (χ1v) is 12.1. The number of nitrogens with zero attached hydrogens (tertiary/aromatic N) is 3. The Bertz CT molecular complexity index is 1030. The van der Waals surface area contributed by atoms with Crippen molar-refractivity contribution in [2.75, 3.05) is 41.3 Å². The summed E-state index contributed by atoms with van der Waals surface area (Å²) in [7, 11) is 0. The van der Waals surface area contributed by atoms with E-state index in [1.54, 1.807) is 23.2 Å². The molecule has 2 N–H and O–H groups in total. The van der Waals surface area contributed by atoms with Gasteiger partial charge in [0.05, 0.1) is 11.9 Å². The lowest BCUT2D eigenvalue weighted by atomic mass is 9.96. The zero-order valence-corrected chi connectivity index (χ0v) is 19.9. The number of carbonyl (C=O) groups excluding carboxylic acids is 3. The van der Waals surface area contributed by atoms with E-state index in [4.69, 9.17) is 0 Å². The van der Waals surface area contributed by atoms with E-state index >= 15 is 0 Å². The van der Waals surface area contributed by atoms with Crippen molar-refractivity contribution in [1.82, 2.24) is 10.3 Å². The quantitative estimate of drug-likeness (QED) is 0.665. The number of aromatic nitrogens is 1. The molecule has 0 radical (unpaired) electrons. The largest absolute Gasteiger partial charge is 0.370 e. The van der Waals surface area contributed by atoms with Gasteiger partial charge in [-0.3, -0.25) is 19.4 Å². The molecule has 2 aliphatic heterocycles. The summed E-state index contributed by atoms with van der Waals surface area (Å²) in [5.74, 6) is -1.03. The number of carbonyl (C=O) groups is 3. The Morgan fingerprint density at radius 2 is 1.88 bits per heavy atom. The Hall–Kier alpha value is -3.42. The third-order valence-electron chi connectivity index (χ3n) is 6.60. The molecule has 1 aromatic carbocycles. The van der Waals surface area contributed by atoms with Crippen molar-refractivity contribution >= 4 is 34.8 Å². The van der Waals surface area contributed by atoms with E-state index in [0.717, 1.165) is 55.7 Å². The second-order valence-corrected chi connectivity index (χ2v) is 9.40. The highest BCUT2D eigenvalue weighted by molar-refractivity contribution is 6.39. The fourth-order valence-corrected chi connectivity index (χ4v) is 4.63. The molecule has 2 aromatic rings. The van der Waals surface area contributed by atoms with Crippen LogP contribution in [0.4, 0.5) is 17.1 Å². The fourth-order valence-electron chi connectivity index (χ4n) is 4.63. The van der Waals surface area contributed by atoms with E-state index in [2.05, 4.69) is 26.6 Å². The average molecular weight is 464 g/mol. The summed E-state index contributed by atoms with van der Waals surface area (Å²) in [4.78, 5) is 45.8. The molecule has 8 heteroatoms. The van der Waals surface area contributed by atoms with Gasteiger partial charge in [0.25, 0.3) is 0 Å². The van der Waals surface area contributed by atoms with Gasteiger partial charge in [0.1, 0.15) is 0 Å². The second-order valence-electron chi connectivity index (χ2n) is 9.40. The molecule has 180 valence electrons. The SMILES string of the molecule is CC(C)C(=O)N1CCCc2ccc(NC(=O)C(=O)NCC3CCN(c4cccnc4)CC3)cc21. The molecule has 0 bridgehead atoms. The average Bonchev–Trinajstić information content (AvgIpc) is 2.87. The summed E-state index contributed by atoms with van der Waals surface area (Å²) in [5, 5.41) is 5.48. The Morgan fingerprint density at radius 3 is 2.59 bits per heavy atom. The van der Waals surface area contributed by atoms with E-state index in [1.165, 1.54) is 0 Å². The number of piperidine rings is 1. The summed E-state index contributed by atoms with van der Waals surface area (Å²) in [6.07, 6.45) is 7.34. The van der Waals surface area contributed by atoms with Crippen molar-refractivity contribution in [2.45, 2.75) is 39.5 Å². The van der Waals surface area contributed by atoms with Gasteiger partial charge >= 0.3 is 11.8 Å². The summed E-state index contributed by atoms with van der Waals surface area (Å²) in [6, 6.07) is 9.51. The molecular formula is C26H33N5O3. The molecule has 0 atom stereocenters. The summed E-state index contributed by atoms with van der Waals surface area (Å²) in [5.41, 5.74) is 3.54. The van der Waals surface area contributed by atoms with Gasteiger partial charge in [0.15, 0.2) is 0 Å². The van der Waals surface area contributed by atoms with Gasteiger partial charge in [-0.25, -0.2) is 0 Å². The highest BCUT2D eigenvalue weighted by Gasteiger charge is 2.26. The standard InChI is InChI=1S/C26H33N5O3/c1-18(2)26(34)31-12-4-5-20-7-8-21(15-23(20)31)29-25(33)24(32)28-16-19-9-13-30(14-10-19)22-6-3-11-27-17-22/h3,6-8,11,15,17-19H,4-5,9-10,12-14,16H2,1-2H3,(H,28,32)(H,29,33). The normalized spacial score (nSPS) is 16.2. The molecule has 1 aromatic heterocycles. The molecule has 1 saturated heterocycles. The zero-order chi connectivity index (χ0) is 24.1. The van der Waals surface area contributed by atoms with Gasteiger partial charge in [-0.15, -0.1) is 0 Å². The summed E-state index contributed by atoms with van der Waals surface area (Å²) >= 11 is 0. The van der Waals surface area contributed by atoms with Crippen molar-refractivity contribution < 1.29 is 14.4 Å². The van der Waals surface area contributed by atoms with Gasteiger partial charge in [-0.2, -0.15) is 0 Å². The maximum atomic E-state index is 12.6. The number of rotatable bonds is 5. The molecule has 34 heavy (non-hydrogen) atoms. The number of aryl methyl sites for hydroxylation is 1. The van der Waals surface area contributed by atoms with Crippen molar-refractivity contribution in [3.8, 4) is 0 Å². The number of hydrogen-bond acceptors (Lipinski definition) is 5. The van der Waals surface area contributed by atoms with Crippen molar-refractivity contribution in [2.24, 2.45) is 11.8 Å². The van der Waals surface area contributed by atoms with Crippen molar-refractivity contribution in [1.29, 1.82) is 0 Å². The van der Waals surface area contributed by atoms with Gasteiger partial charge in [-0.1, -0.05) is 19.9 Å². The zero-order valence-electron chi connectivity index (χ0n) is 19.9. The molecule has 1 fully saturated rings. The molecule has 3 amide bonds. The second kappa shape index (κ2) is 10.7. The first-order chi connectivity index (χ1) is 16.4. The number of fused-ring (bicyclic) bond motifs is 1. The lowest BCUT2D eigenvalue weighted by Gasteiger charge is -2.33. The number of hydrogen-bond donors (Lipinski definition) is 2. The number of pyridine rings is 1. The minimum atomic E-state index is -0.690. The lowest BCUT2D eigenvalue weighted by molar-refractivity contribution is -0.136. The predicted molar refractivity (Wildman–Crippen MR) is 133 cm³/mol. The van der Waals surface area contributed by atoms with Crippen LogP contribution in [0.1, 0.15) is 38.7 Å². The van der Waals surface area contributed by atoms with Crippen LogP contribution in [0.15, 0.2) is 42.7 Å². The monoisotopic (exact) mass is 463 g/mol. The molecule has 3 heterocycles. The molecule has 0 unspecified atom stereocenters. The van der Waals surface area contributed by atoms with E-state index in [0.29, 0.717) is 24.7 Å². The first-order valence-electron chi connectivity index (χ1n) is 12.1. The van der Waals surface area contributed by atoms with Crippen LogP contribution in [0.2, 0.25) is 0 Å². The van der Waals surface area contributed by atoms with Crippen molar-refractivity contribution in [3.05, 3.63) is 48.3 Å². The Labute approximate surface area is 200 Å². The van der Waals surface area contributed by atoms with Gasteiger partial charge in [-0.05, 0) is 61.4 Å². The maximum absolute atomic E-state index is 12.6. The minimum absolute atomic E-state index is 0.0664. The number of anilines is 3. The van der Waals surface area contributed by atoms with E-state index in [9.17, 15) is 14.4 Å². The molecule has 4 rings (SSSR count). The smallest absolute Gasteiger partial charge is 0.313 e. The molecule has 0 spiro atoms. The Morgan fingerprint density at radius 1 is 1.09 bits per heavy atom. The van der Waals surface area contributed by atoms with Crippen LogP contribution < -0.4 is 20.4 Å². The third kappa shape index (κ3) is 5.55. The van der Waals surface area contributed by atoms with Crippen LogP contribution in [0, 0.1) is 11.8 Å². The Balaban J connectivity index is 1.28. The Kier molecular flexibility index (Phi) is 7.45. The number of nitrogens with one attached hydrogen (secondary N) is 2. The molecule has 0 saturated carbocycles. The third-order valence-corrected chi connectivity index (χ3v) is 6.60. The summed E-state index contributed by atoms with van der Waals surface area (Å²) < 4.78 is 0. The fraction of sp³-hybridized carbons (Fsp3) is 0.462. The molecule has 2 aliphatic rings. The van der Waals surface area contributed by atoms with Crippen LogP contribution in [-0.4, -0.2) is 48.9 Å². The minimum Gasteiger partial charge on any atom is -0.370 e. The topological polar surface area (TPSA) is 94.6 Å². The van der Waals surface area contributed by atoms with E-state index in [-0.39, 0.29) is 11.8 Å². The van der Waals surface area contributed by atoms with Crippen LogP contribution in [0.25, 0.3) is 0 Å². The van der Waals surface area contributed by atoms with Gasteiger partial charge in [0.2, 0.25) is 5.91 Å². The lowest BCUT2D eigenvalue weighted by Crippen LogP contribution is -2.42. The highest BCUT2D eigenvalue weighted by Crippen LogP contribution is 2.31. The first kappa shape index (κ1) is 23.7. The van der Waals surface area contributed by atoms with E-state index < -0.39 is 11.8 Å². The van der Waals surface area contributed by atoms with Crippen LogP contribution >= 0.6 is 0 Å². The molecule has 0 aliphatic carbocycles. The number of amides is 3. The van der Waals surface area contributed by atoms with Crippen LogP contribution in [0.3, 0.4) is 0 Å². The van der Waals surface area contributed by atoms with Crippen LogP contribution in [-0.2, 0) is 20.8 Å². The number of benzene rings is 1. The molecule has 8 nitrogen and oxygen atoms in total. The highest BCUT2D eigenvalue weighted by atomic mass is 16.2. The van der Waals surface area contributed by atoms with Gasteiger partial charge < -0.3 is 20.4 Å². The molecular weight excluding hydrogens is 430 g/mol. The van der Waals surface area contributed by atoms with Crippen LogP contribution in [0.5, 0.6) is 0 Å². The van der Waals surface area contributed by atoms with Gasteiger partial charge in [0, 0.05) is 49.7 Å².